The fraction of sp³-hybridized carbons (Fsp3) is 0.200. The van der Waals surface area contributed by atoms with Gasteiger partial charge in [0.1, 0.15) is 5.82 Å². The lowest BCUT2D eigenvalue weighted by Gasteiger charge is -2.16. The van der Waals surface area contributed by atoms with Crippen molar-refractivity contribution >= 4 is 5.69 Å². The molecule has 0 aromatic heterocycles. The van der Waals surface area contributed by atoms with Crippen LogP contribution in [0.4, 0.5) is 10.1 Å². The number of hydrogen-bond donors (Lipinski definition) is 2. The second-order valence-electron chi connectivity index (χ2n) is 4.32. The SMILES string of the molecule is CC(Nc1ccc(CN)cc1)c1ccc(F)cc1. The maximum atomic E-state index is 12.8. The molecule has 0 aliphatic heterocycles. The summed E-state index contributed by atoms with van der Waals surface area (Å²) in [5.74, 6) is -0.210. The zero-order valence-corrected chi connectivity index (χ0v) is 10.4. The number of rotatable bonds is 4. The number of benzene rings is 2. The van der Waals surface area contributed by atoms with Crippen LogP contribution in [0.1, 0.15) is 24.1 Å². The molecule has 0 saturated carbocycles. The van der Waals surface area contributed by atoms with Crippen molar-refractivity contribution in [3.05, 3.63) is 65.5 Å². The summed E-state index contributed by atoms with van der Waals surface area (Å²) in [7, 11) is 0. The van der Waals surface area contributed by atoms with Crippen molar-refractivity contribution in [3.8, 4) is 0 Å². The van der Waals surface area contributed by atoms with Gasteiger partial charge in [-0.2, -0.15) is 0 Å². The van der Waals surface area contributed by atoms with Gasteiger partial charge in [0.25, 0.3) is 0 Å². The van der Waals surface area contributed by atoms with Crippen LogP contribution in [0.3, 0.4) is 0 Å². The first-order valence-electron chi connectivity index (χ1n) is 6.00. The highest BCUT2D eigenvalue weighted by Gasteiger charge is 2.05. The van der Waals surface area contributed by atoms with Gasteiger partial charge >= 0.3 is 0 Å². The van der Waals surface area contributed by atoms with Crippen molar-refractivity contribution in [3.63, 3.8) is 0 Å². The highest BCUT2D eigenvalue weighted by molar-refractivity contribution is 5.46. The molecule has 0 bridgehead atoms. The smallest absolute Gasteiger partial charge is 0.123 e. The highest BCUT2D eigenvalue weighted by Crippen LogP contribution is 2.19. The number of hydrogen-bond acceptors (Lipinski definition) is 2. The minimum atomic E-state index is -0.210. The molecule has 2 nitrogen and oxygen atoms in total. The zero-order chi connectivity index (χ0) is 13.0. The predicted octanol–water partition coefficient (Wildman–Crippen LogP) is 3.46. The molecule has 1 atom stereocenters. The van der Waals surface area contributed by atoms with Gasteiger partial charge in [-0.25, -0.2) is 4.39 Å². The number of nitrogens with one attached hydrogen (secondary N) is 1. The summed E-state index contributed by atoms with van der Waals surface area (Å²) < 4.78 is 12.8. The van der Waals surface area contributed by atoms with E-state index in [1.807, 2.05) is 31.2 Å². The van der Waals surface area contributed by atoms with Gasteiger partial charge in [0.2, 0.25) is 0 Å². The molecule has 18 heavy (non-hydrogen) atoms. The van der Waals surface area contributed by atoms with E-state index in [0.29, 0.717) is 6.54 Å². The van der Waals surface area contributed by atoms with Crippen molar-refractivity contribution in [2.45, 2.75) is 19.5 Å². The Balaban J connectivity index is 2.05. The van der Waals surface area contributed by atoms with Gasteiger partial charge in [-0.05, 0) is 42.3 Å². The second kappa shape index (κ2) is 5.65. The summed E-state index contributed by atoms with van der Waals surface area (Å²) in [5, 5.41) is 3.37. The molecular formula is C15H17FN2. The predicted molar refractivity (Wildman–Crippen MR) is 72.8 cm³/mol. The third kappa shape index (κ3) is 3.08. The lowest BCUT2D eigenvalue weighted by molar-refractivity contribution is 0.626. The molecule has 3 N–H and O–H groups in total. The van der Waals surface area contributed by atoms with Crippen molar-refractivity contribution < 1.29 is 4.39 Å². The van der Waals surface area contributed by atoms with Crippen molar-refractivity contribution in [1.29, 1.82) is 0 Å². The second-order valence-corrected chi connectivity index (χ2v) is 4.32. The summed E-state index contributed by atoms with van der Waals surface area (Å²) in [6, 6.07) is 14.7. The van der Waals surface area contributed by atoms with E-state index in [-0.39, 0.29) is 11.9 Å². The van der Waals surface area contributed by atoms with Crippen LogP contribution in [0.5, 0.6) is 0 Å². The highest BCUT2D eigenvalue weighted by atomic mass is 19.1. The largest absolute Gasteiger partial charge is 0.379 e. The Hall–Kier alpha value is -1.87. The maximum absolute atomic E-state index is 12.8. The normalized spacial score (nSPS) is 12.2. The quantitative estimate of drug-likeness (QED) is 0.864. The van der Waals surface area contributed by atoms with E-state index in [0.717, 1.165) is 16.8 Å². The summed E-state index contributed by atoms with van der Waals surface area (Å²) in [4.78, 5) is 0. The molecular weight excluding hydrogens is 227 g/mol. The lowest BCUT2D eigenvalue weighted by Crippen LogP contribution is -2.06. The first-order chi connectivity index (χ1) is 8.69. The Labute approximate surface area is 107 Å². The van der Waals surface area contributed by atoms with Gasteiger partial charge in [0, 0.05) is 18.3 Å². The van der Waals surface area contributed by atoms with E-state index in [4.69, 9.17) is 5.73 Å². The molecule has 2 aromatic rings. The summed E-state index contributed by atoms with van der Waals surface area (Å²) in [5.41, 5.74) is 8.74. The molecule has 1 unspecified atom stereocenters. The molecule has 2 aromatic carbocycles. The van der Waals surface area contributed by atoms with Gasteiger partial charge in [0.15, 0.2) is 0 Å². The van der Waals surface area contributed by atoms with Gasteiger partial charge in [-0.1, -0.05) is 24.3 Å². The van der Waals surface area contributed by atoms with E-state index in [9.17, 15) is 4.39 Å². The first kappa shape index (κ1) is 12.6. The molecule has 2 rings (SSSR count). The van der Waals surface area contributed by atoms with Gasteiger partial charge in [-0.3, -0.25) is 0 Å². The van der Waals surface area contributed by atoms with Crippen LogP contribution in [0.25, 0.3) is 0 Å². The molecule has 0 heterocycles. The van der Waals surface area contributed by atoms with Gasteiger partial charge < -0.3 is 11.1 Å². The third-order valence-corrected chi connectivity index (χ3v) is 2.94. The Bertz CT molecular complexity index is 491. The third-order valence-electron chi connectivity index (χ3n) is 2.94. The van der Waals surface area contributed by atoms with Crippen LogP contribution >= 0.6 is 0 Å². The molecule has 0 aliphatic carbocycles. The minimum Gasteiger partial charge on any atom is -0.379 e. The Kier molecular flexibility index (Phi) is 3.95. The summed E-state index contributed by atoms with van der Waals surface area (Å²) >= 11 is 0. The molecule has 3 heteroatoms. The molecule has 0 aliphatic rings. The van der Waals surface area contributed by atoms with Crippen LogP contribution in [0.2, 0.25) is 0 Å². The van der Waals surface area contributed by atoms with Crippen LogP contribution in [0.15, 0.2) is 48.5 Å². The van der Waals surface area contributed by atoms with Crippen molar-refractivity contribution in [1.82, 2.24) is 0 Å². The molecule has 94 valence electrons. The fourth-order valence-corrected chi connectivity index (χ4v) is 1.82. The standard InChI is InChI=1S/C15H17FN2/c1-11(13-4-6-14(16)7-5-13)18-15-8-2-12(10-17)3-9-15/h2-9,11,18H,10,17H2,1H3. The first-order valence-corrected chi connectivity index (χ1v) is 6.00. The minimum absolute atomic E-state index is 0.134. The average molecular weight is 244 g/mol. The zero-order valence-electron chi connectivity index (χ0n) is 10.4. The monoisotopic (exact) mass is 244 g/mol. The number of halogens is 1. The number of anilines is 1. The van der Waals surface area contributed by atoms with E-state index in [2.05, 4.69) is 5.32 Å². The Morgan fingerprint density at radius 2 is 1.67 bits per heavy atom. The summed E-state index contributed by atoms with van der Waals surface area (Å²) in [6.45, 7) is 2.60. The average Bonchev–Trinajstić information content (AvgIpc) is 2.40. The fourth-order valence-electron chi connectivity index (χ4n) is 1.82. The van der Waals surface area contributed by atoms with Crippen LogP contribution in [-0.2, 0) is 6.54 Å². The van der Waals surface area contributed by atoms with Crippen LogP contribution in [-0.4, -0.2) is 0 Å². The number of nitrogens with two attached hydrogens (primary N) is 1. The lowest BCUT2D eigenvalue weighted by atomic mass is 10.1. The van der Waals surface area contributed by atoms with Crippen molar-refractivity contribution in [2.75, 3.05) is 5.32 Å². The van der Waals surface area contributed by atoms with Crippen LogP contribution < -0.4 is 11.1 Å². The summed E-state index contributed by atoms with van der Waals surface area (Å²) in [6.07, 6.45) is 0. The van der Waals surface area contributed by atoms with Crippen molar-refractivity contribution in [2.24, 2.45) is 5.73 Å². The van der Waals surface area contributed by atoms with E-state index in [1.165, 1.54) is 12.1 Å². The topological polar surface area (TPSA) is 38.0 Å². The van der Waals surface area contributed by atoms with E-state index < -0.39 is 0 Å². The Morgan fingerprint density at radius 3 is 2.22 bits per heavy atom. The van der Waals surface area contributed by atoms with E-state index in [1.54, 1.807) is 12.1 Å². The van der Waals surface area contributed by atoms with Gasteiger partial charge in [0.05, 0.1) is 0 Å². The molecule has 0 saturated heterocycles. The van der Waals surface area contributed by atoms with Gasteiger partial charge in [-0.15, -0.1) is 0 Å². The molecule has 0 spiro atoms. The molecule has 0 radical (unpaired) electrons. The molecule has 0 amide bonds. The van der Waals surface area contributed by atoms with E-state index >= 15 is 0 Å². The molecule has 0 fully saturated rings. The maximum Gasteiger partial charge on any atom is 0.123 e. The van der Waals surface area contributed by atoms with Crippen LogP contribution in [0, 0.1) is 5.82 Å². The Morgan fingerprint density at radius 1 is 1.06 bits per heavy atom.